The van der Waals surface area contributed by atoms with Gasteiger partial charge in [-0.3, -0.25) is 4.90 Å². The molecule has 3 nitrogen and oxygen atoms in total. The molecule has 0 saturated carbocycles. The fourth-order valence-corrected chi connectivity index (χ4v) is 5.07. The zero-order valence-electron chi connectivity index (χ0n) is 12.8. The van der Waals surface area contributed by atoms with E-state index in [4.69, 9.17) is 0 Å². The second-order valence-electron chi connectivity index (χ2n) is 7.80. The highest BCUT2D eigenvalue weighted by molar-refractivity contribution is 6.80. The number of hydrogen-bond acceptors (Lipinski definition) is 3. The highest BCUT2D eigenvalue weighted by atomic mass is 28.3. The SMILES string of the molecule is CC(C)(C)[Si](C)(C)CC1CN2CCNCC2CN1. The number of rotatable bonds is 2. The van der Waals surface area contributed by atoms with Crippen molar-refractivity contribution in [1.29, 1.82) is 0 Å². The van der Waals surface area contributed by atoms with Gasteiger partial charge in [-0.15, -0.1) is 0 Å². The summed E-state index contributed by atoms with van der Waals surface area (Å²) in [4.78, 5) is 2.70. The maximum absolute atomic E-state index is 3.80. The molecule has 2 unspecified atom stereocenters. The van der Waals surface area contributed by atoms with Crippen LogP contribution in [0.2, 0.25) is 24.2 Å². The van der Waals surface area contributed by atoms with E-state index in [9.17, 15) is 0 Å². The lowest BCUT2D eigenvalue weighted by Gasteiger charge is -2.47. The first kappa shape index (κ1) is 14.5. The van der Waals surface area contributed by atoms with E-state index < -0.39 is 8.07 Å². The molecule has 2 rings (SSSR count). The predicted octanol–water partition coefficient (Wildman–Crippen LogP) is 1.74. The molecular formula is C14H31N3Si. The molecule has 4 heteroatoms. The van der Waals surface area contributed by atoms with E-state index in [-0.39, 0.29) is 0 Å². The fourth-order valence-electron chi connectivity index (χ4n) is 2.95. The Morgan fingerprint density at radius 3 is 2.61 bits per heavy atom. The van der Waals surface area contributed by atoms with E-state index >= 15 is 0 Å². The van der Waals surface area contributed by atoms with Gasteiger partial charge in [0.15, 0.2) is 0 Å². The Balaban J connectivity index is 1.91. The smallest absolute Gasteiger partial charge is 0.0543 e. The minimum absolute atomic E-state index is 0.509. The Labute approximate surface area is 114 Å². The molecule has 0 spiro atoms. The summed E-state index contributed by atoms with van der Waals surface area (Å²) in [6.45, 7) is 18.4. The van der Waals surface area contributed by atoms with Crippen LogP contribution in [0, 0.1) is 0 Å². The molecule has 106 valence electrons. The maximum atomic E-state index is 3.80. The number of piperazine rings is 2. The Bertz CT molecular complexity index is 285. The first-order valence-corrected chi connectivity index (χ1v) is 10.7. The van der Waals surface area contributed by atoms with E-state index in [1.165, 1.54) is 38.8 Å². The Morgan fingerprint density at radius 1 is 1.22 bits per heavy atom. The van der Waals surface area contributed by atoms with Crippen molar-refractivity contribution in [2.45, 2.75) is 57.0 Å². The van der Waals surface area contributed by atoms with E-state index in [1.54, 1.807) is 0 Å². The van der Waals surface area contributed by atoms with Crippen molar-refractivity contribution in [3.63, 3.8) is 0 Å². The van der Waals surface area contributed by atoms with Gasteiger partial charge >= 0.3 is 0 Å². The first-order chi connectivity index (χ1) is 8.29. The van der Waals surface area contributed by atoms with Gasteiger partial charge in [0.2, 0.25) is 0 Å². The average Bonchev–Trinajstić information content (AvgIpc) is 2.27. The van der Waals surface area contributed by atoms with E-state index in [2.05, 4.69) is 49.4 Å². The molecule has 0 bridgehead atoms. The number of nitrogens with zero attached hydrogens (tertiary/aromatic N) is 1. The fraction of sp³-hybridized carbons (Fsp3) is 1.00. The van der Waals surface area contributed by atoms with Crippen molar-refractivity contribution in [2.75, 3.05) is 32.7 Å². The van der Waals surface area contributed by atoms with Gasteiger partial charge in [0.1, 0.15) is 0 Å². The van der Waals surface area contributed by atoms with Gasteiger partial charge in [-0.25, -0.2) is 0 Å². The molecule has 2 atom stereocenters. The Kier molecular flexibility index (Phi) is 4.22. The number of nitrogens with one attached hydrogen (secondary N) is 2. The van der Waals surface area contributed by atoms with E-state index in [0.29, 0.717) is 5.04 Å². The summed E-state index contributed by atoms with van der Waals surface area (Å²) in [6, 6.07) is 2.86. The first-order valence-electron chi connectivity index (χ1n) is 7.48. The number of hydrogen-bond donors (Lipinski definition) is 2. The molecule has 2 aliphatic heterocycles. The van der Waals surface area contributed by atoms with Crippen LogP contribution in [0.1, 0.15) is 20.8 Å². The minimum Gasteiger partial charge on any atom is -0.314 e. The van der Waals surface area contributed by atoms with Crippen LogP contribution >= 0.6 is 0 Å². The van der Waals surface area contributed by atoms with E-state index in [0.717, 1.165) is 12.1 Å². The van der Waals surface area contributed by atoms with Crippen LogP contribution in [0.5, 0.6) is 0 Å². The number of fused-ring (bicyclic) bond motifs is 1. The second-order valence-corrected chi connectivity index (χ2v) is 13.5. The quantitative estimate of drug-likeness (QED) is 0.748. The van der Waals surface area contributed by atoms with Gasteiger partial charge in [0, 0.05) is 44.8 Å². The van der Waals surface area contributed by atoms with Crippen LogP contribution in [0.25, 0.3) is 0 Å². The molecule has 18 heavy (non-hydrogen) atoms. The molecule has 0 aliphatic carbocycles. The van der Waals surface area contributed by atoms with E-state index in [1.807, 2.05) is 0 Å². The maximum Gasteiger partial charge on any atom is 0.0543 e. The summed E-state index contributed by atoms with van der Waals surface area (Å²) in [5.74, 6) is 0. The largest absolute Gasteiger partial charge is 0.314 e. The normalized spacial score (nSPS) is 31.2. The molecule has 0 aromatic heterocycles. The summed E-state index contributed by atoms with van der Waals surface area (Å²) < 4.78 is 0. The van der Waals surface area contributed by atoms with Crippen molar-refractivity contribution in [3.05, 3.63) is 0 Å². The van der Waals surface area contributed by atoms with Crippen molar-refractivity contribution in [2.24, 2.45) is 0 Å². The molecule has 0 amide bonds. The minimum atomic E-state index is -1.15. The molecule has 0 aromatic rings. The lowest BCUT2D eigenvalue weighted by atomic mass is 10.1. The average molecular weight is 270 g/mol. The third-order valence-corrected chi connectivity index (χ3v) is 10.9. The van der Waals surface area contributed by atoms with Crippen LogP contribution in [0.4, 0.5) is 0 Å². The monoisotopic (exact) mass is 269 g/mol. The van der Waals surface area contributed by atoms with Crippen molar-refractivity contribution in [1.82, 2.24) is 15.5 Å². The van der Waals surface area contributed by atoms with Crippen LogP contribution in [0.3, 0.4) is 0 Å². The Morgan fingerprint density at radius 2 is 1.94 bits per heavy atom. The molecule has 0 aromatic carbocycles. The summed E-state index contributed by atoms with van der Waals surface area (Å²) >= 11 is 0. The topological polar surface area (TPSA) is 27.3 Å². The molecule has 2 aliphatic rings. The van der Waals surface area contributed by atoms with Crippen LogP contribution in [0.15, 0.2) is 0 Å². The van der Waals surface area contributed by atoms with Gasteiger partial charge in [-0.2, -0.15) is 0 Å². The lowest BCUT2D eigenvalue weighted by Crippen LogP contribution is -2.64. The van der Waals surface area contributed by atoms with Gasteiger partial charge in [-0.05, 0) is 11.1 Å². The second kappa shape index (κ2) is 5.23. The van der Waals surface area contributed by atoms with Gasteiger partial charge in [-0.1, -0.05) is 33.9 Å². The third-order valence-electron chi connectivity index (χ3n) is 5.36. The molecule has 0 radical (unpaired) electrons. The van der Waals surface area contributed by atoms with Gasteiger partial charge < -0.3 is 10.6 Å². The zero-order valence-corrected chi connectivity index (χ0v) is 13.8. The van der Waals surface area contributed by atoms with Crippen LogP contribution < -0.4 is 10.6 Å². The van der Waals surface area contributed by atoms with Gasteiger partial charge in [0.25, 0.3) is 0 Å². The standard InChI is InChI=1S/C14H31N3Si/c1-14(2,3)18(4,5)11-12-10-17-7-6-15-8-13(17)9-16-12/h12-13,15-16H,6-11H2,1-5H3. The van der Waals surface area contributed by atoms with Crippen molar-refractivity contribution in [3.8, 4) is 0 Å². The zero-order chi connectivity index (χ0) is 13.4. The summed E-state index contributed by atoms with van der Waals surface area (Å²) in [6.07, 6.45) is 0. The van der Waals surface area contributed by atoms with Crippen LogP contribution in [-0.2, 0) is 0 Å². The van der Waals surface area contributed by atoms with Gasteiger partial charge in [0.05, 0.1) is 8.07 Å². The molecular weight excluding hydrogens is 238 g/mol. The predicted molar refractivity (Wildman–Crippen MR) is 82.0 cm³/mol. The Hall–Kier alpha value is 0.0969. The summed E-state index contributed by atoms with van der Waals surface area (Å²) in [7, 11) is -1.15. The lowest BCUT2D eigenvalue weighted by molar-refractivity contribution is 0.110. The van der Waals surface area contributed by atoms with Crippen LogP contribution in [-0.4, -0.2) is 57.8 Å². The highest BCUT2D eigenvalue weighted by Gasteiger charge is 2.39. The molecule has 2 saturated heterocycles. The molecule has 2 N–H and O–H groups in total. The third kappa shape index (κ3) is 3.16. The molecule has 2 heterocycles. The molecule has 2 fully saturated rings. The van der Waals surface area contributed by atoms with Crippen molar-refractivity contribution < 1.29 is 0 Å². The van der Waals surface area contributed by atoms with Crippen molar-refractivity contribution >= 4 is 8.07 Å². The summed E-state index contributed by atoms with van der Waals surface area (Å²) in [5, 5.41) is 7.81. The highest BCUT2D eigenvalue weighted by Crippen LogP contribution is 2.39. The summed E-state index contributed by atoms with van der Waals surface area (Å²) in [5.41, 5.74) is 0.